The van der Waals surface area contributed by atoms with E-state index in [1.54, 1.807) is 18.2 Å². The van der Waals surface area contributed by atoms with Crippen LogP contribution in [0.4, 0.5) is 5.69 Å². The molecule has 1 unspecified atom stereocenters. The summed E-state index contributed by atoms with van der Waals surface area (Å²) in [5.74, 6) is 0.135. The summed E-state index contributed by atoms with van der Waals surface area (Å²) in [5.41, 5.74) is 3.02. The first-order valence-corrected chi connectivity index (χ1v) is 12.0. The number of aryl methyl sites for hydroxylation is 2. The highest BCUT2D eigenvalue weighted by Crippen LogP contribution is 2.31. The second-order valence-corrected chi connectivity index (χ2v) is 9.82. The zero-order valence-electron chi connectivity index (χ0n) is 17.7. The Bertz CT molecular complexity index is 1050. The van der Waals surface area contributed by atoms with E-state index < -0.39 is 10.0 Å². The molecule has 4 rings (SSSR count). The largest absolute Gasteiger partial charge is 0.368 e. The quantitative estimate of drug-likeness (QED) is 0.775. The molecule has 1 aromatic heterocycles. The van der Waals surface area contributed by atoms with Crippen molar-refractivity contribution in [3.05, 3.63) is 41.2 Å². The highest BCUT2D eigenvalue weighted by Gasteiger charge is 2.36. The number of hydrogen-bond acceptors (Lipinski definition) is 5. The predicted octanol–water partition coefficient (Wildman–Crippen LogP) is 2.49. The standard InChI is InChI=1S/C21H29N5O3S/c1-4-11-26-15(3)19(14(2)23-26)21(27)25-12-9-16(10-13-25)20-22-17-7-5-6-8-18(17)30(28,29)24-20/h5-8,16,20,22,24H,4,9-13H2,1-3H3. The normalized spacial score (nSPS) is 21.2. The minimum atomic E-state index is -3.53. The zero-order valence-corrected chi connectivity index (χ0v) is 18.5. The van der Waals surface area contributed by atoms with Crippen LogP contribution < -0.4 is 10.0 Å². The summed E-state index contributed by atoms with van der Waals surface area (Å²) < 4.78 is 29.9. The molecule has 2 aliphatic heterocycles. The topological polar surface area (TPSA) is 96.3 Å². The fourth-order valence-corrected chi connectivity index (χ4v) is 5.88. The lowest BCUT2D eigenvalue weighted by atomic mass is 9.93. The molecule has 1 aromatic carbocycles. The van der Waals surface area contributed by atoms with Crippen molar-refractivity contribution in [3.63, 3.8) is 0 Å². The first-order valence-electron chi connectivity index (χ1n) is 10.5. The molecule has 0 radical (unpaired) electrons. The van der Waals surface area contributed by atoms with E-state index in [0.717, 1.165) is 37.2 Å². The van der Waals surface area contributed by atoms with Gasteiger partial charge in [0.25, 0.3) is 5.91 Å². The predicted molar refractivity (Wildman–Crippen MR) is 115 cm³/mol. The molecule has 0 saturated carbocycles. The fourth-order valence-electron chi connectivity index (χ4n) is 4.49. The molecule has 0 aliphatic carbocycles. The Kier molecular flexibility index (Phi) is 5.59. The third kappa shape index (κ3) is 3.72. The lowest BCUT2D eigenvalue weighted by Crippen LogP contribution is -2.52. The van der Waals surface area contributed by atoms with Gasteiger partial charge in [0.15, 0.2) is 0 Å². The summed E-state index contributed by atoms with van der Waals surface area (Å²) in [4.78, 5) is 15.3. The number of para-hydroxylation sites is 1. The van der Waals surface area contributed by atoms with Crippen LogP contribution in [-0.2, 0) is 16.6 Å². The van der Waals surface area contributed by atoms with Gasteiger partial charge in [0.1, 0.15) is 4.90 Å². The average molecular weight is 432 g/mol. The number of aromatic nitrogens is 2. The van der Waals surface area contributed by atoms with Crippen molar-refractivity contribution in [1.29, 1.82) is 0 Å². The number of carbonyl (C=O) groups is 1. The van der Waals surface area contributed by atoms with E-state index in [2.05, 4.69) is 22.1 Å². The number of likely N-dealkylation sites (tertiary alicyclic amines) is 1. The van der Waals surface area contributed by atoms with Crippen molar-refractivity contribution in [2.45, 2.75) is 57.6 Å². The first-order chi connectivity index (χ1) is 14.3. The smallest absolute Gasteiger partial charge is 0.257 e. The molecule has 0 spiro atoms. The van der Waals surface area contributed by atoms with Gasteiger partial charge in [-0.25, -0.2) is 8.42 Å². The third-order valence-corrected chi connectivity index (χ3v) is 7.60. The molecule has 1 amide bonds. The zero-order chi connectivity index (χ0) is 21.5. The Labute approximate surface area is 177 Å². The second kappa shape index (κ2) is 8.03. The summed E-state index contributed by atoms with van der Waals surface area (Å²) in [7, 11) is -3.53. The number of rotatable bonds is 4. The second-order valence-electron chi connectivity index (χ2n) is 8.14. The Hall–Kier alpha value is -2.39. The molecule has 0 bridgehead atoms. The van der Waals surface area contributed by atoms with E-state index in [1.165, 1.54) is 0 Å². The van der Waals surface area contributed by atoms with Crippen molar-refractivity contribution in [2.24, 2.45) is 5.92 Å². The Morgan fingerprint density at radius 3 is 2.60 bits per heavy atom. The lowest BCUT2D eigenvalue weighted by molar-refractivity contribution is 0.0677. The average Bonchev–Trinajstić information content (AvgIpc) is 3.00. The van der Waals surface area contributed by atoms with Crippen LogP contribution in [0, 0.1) is 19.8 Å². The summed E-state index contributed by atoms with van der Waals surface area (Å²) >= 11 is 0. The number of amides is 1. The number of carbonyl (C=O) groups excluding carboxylic acids is 1. The van der Waals surface area contributed by atoms with Crippen LogP contribution in [0.3, 0.4) is 0 Å². The molecule has 2 aromatic rings. The van der Waals surface area contributed by atoms with Crippen molar-refractivity contribution < 1.29 is 13.2 Å². The van der Waals surface area contributed by atoms with Crippen LogP contribution in [-0.4, -0.2) is 48.3 Å². The molecular weight excluding hydrogens is 402 g/mol. The van der Waals surface area contributed by atoms with Gasteiger partial charge in [0.2, 0.25) is 10.0 Å². The van der Waals surface area contributed by atoms with E-state index >= 15 is 0 Å². The highest BCUT2D eigenvalue weighted by molar-refractivity contribution is 7.89. The van der Waals surface area contributed by atoms with E-state index in [4.69, 9.17) is 0 Å². The number of anilines is 1. The summed E-state index contributed by atoms with van der Waals surface area (Å²) in [6.07, 6.45) is 2.07. The number of nitrogens with one attached hydrogen (secondary N) is 2. The van der Waals surface area contributed by atoms with Crippen LogP contribution in [0.5, 0.6) is 0 Å². The van der Waals surface area contributed by atoms with Gasteiger partial charge in [-0.2, -0.15) is 9.82 Å². The number of benzene rings is 1. The summed E-state index contributed by atoms with van der Waals surface area (Å²) in [6, 6.07) is 6.94. The van der Waals surface area contributed by atoms with Crippen LogP contribution in [0.2, 0.25) is 0 Å². The van der Waals surface area contributed by atoms with Crippen molar-refractivity contribution in [3.8, 4) is 0 Å². The fraction of sp³-hybridized carbons (Fsp3) is 0.524. The Balaban J connectivity index is 1.44. The van der Waals surface area contributed by atoms with Crippen LogP contribution in [0.15, 0.2) is 29.2 Å². The van der Waals surface area contributed by atoms with Gasteiger partial charge in [0.05, 0.1) is 23.1 Å². The molecule has 162 valence electrons. The minimum Gasteiger partial charge on any atom is -0.368 e. The van der Waals surface area contributed by atoms with Crippen LogP contribution >= 0.6 is 0 Å². The molecule has 3 heterocycles. The van der Waals surface area contributed by atoms with Gasteiger partial charge in [-0.1, -0.05) is 19.1 Å². The number of hydrogen-bond donors (Lipinski definition) is 2. The molecule has 8 nitrogen and oxygen atoms in total. The SMILES string of the molecule is CCCn1nc(C)c(C(=O)N2CCC(C3Nc4ccccc4S(=O)(=O)N3)CC2)c1C. The van der Waals surface area contributed by atoms with Crippen LogP contribution in [0.1, 0.15) is 47.9 Å². The van der Waals surface area contributed by atoms with Gasteiger partial charge in [-0.05, 0) is 51.2 Å². The highest BCUT2D eigenvalue weighted by atomic mass is 32.2. The third-order valence-electron chi connectivity index (χ3n) is 6.10. The maximum absolute atomic E-state index is 13.2. The van der Waals surface area contributed by atoms with E-state index in [9.17, 15) is 13.2 Å². The summed E-state index contributed by atoms with van der Waals surface area (Å²) in [5, 5.41) is 7.85. The van der Waals surface area contributed by atoms with Gasteiger partial charge in [-0.3, -0.25) is 9.48 Å². The van der Waals surface area contributed by atoms with E-state index in [0.29, 0.717) is 24.3 Å². The van der Waals surface area contributed by atoms with E-state index in [-0.39, 0.29) is 22.9 Å². The monoisotopic (exact) mass is 431 g/mol. The molecule has 1 atom stereocenters. The molecule has 1 fully saturated rings. The van der Waals surface area contributed by atoms with Crippen molar-refractivity contribution in [2.75, 3.05) is 18.4 Å². The number of fused-ring (bicyclic) bond motifs is 1. The molecule has 9 heteroatoms. The van der Waals surface area contributed by atoms with E-state index in [1.807, 2.05) is 29.5 Å². The lowest BCUT2D eigenvalue weighted by Gasteiger charge is -2.38. The van der Waals surface area contributed by atoms with Crippen LogP contribution in [0.25, 0.3) is 0 Å². The molecular formula is C21H29N5O3S. The maximum Gasteiger partial charge on any atom is 0.257 e. The molecule has 2 aliphatic rings. The number of piperidine rings is 1. The minimum absolute atomic E-state index is 0.0216. The molecule has 30 heavy (non-hydrogen) atoms. The molecule has 1 saturated heterocycles. The Morgan fingerprint density at radius 2 is 1.90 bits per heavy atom. The number of sulfonamides is 1. The van der Waals surface area contributed by atoms with Crippen molar-refractivity contribution >= 4 is 21.6 Å². The summed E-state index contributed by atoms with van der Waals surface area (Å²) in [6.45, 7) is 7.93. The maximum atomic E-state index is 13.2. The number of nitrogens with zero attached hydrogens (tertiary/aromatic N) is 3. The van der Waals surface area contributed by atoms with Gasteiger partial charge in [0, 0.05) is 25.3 Å². The molecule has 2 N–H and O–H groups in total. The van der Waals surface area contributed by atoms with Gasteiger partial charge in [-0.15, -0.1) is 0 Å². The Morgan fingerprint density at radius 1 is 1.20 bits per heavy atom. The van der Waals surface area contributed by atoms with Gasteiger partial charge >= 0.3 is 0 Å². The first kappa shape index (κ1) is 20.9. The van der Waals surface area contributed by atoms with Crippen molar-refractivity contribution in [1.82, 2.24) is 19.4 Å². The van der Waals surface area contributed by atoms with Gasteiger partial charge < -0.3 is 10.2 Å².